The summed E-state index contributed by atoms with van der Waals surface area (Å²) in [6, 6.07) is 15.1. The third kappa shape index (κ3) is 3.34. The number of aryl methyl sites for hydroxylation is 2. The summed E-state index contributed by atoms with van der Waals surface area (Å²) < 4.78 is 1.91. The molecule has 0 fully saturated rings. The molecule has 122 valence electrons. The molecule has 2 aromatic carbocycles. The van der Waals surface area contributed by atoms with Crippen LogP contribution in [0, 0.1) is 6.92 Å². The predicted octanol–water partition coefficient (Wildman–Crippen LogP) is 4.78. The summed E-state index contributed by atoms with van der Waals surface area (Å²) in [6.45, 7) is 4.76. The third-order valence-corrected chi connectivity index (χ3v) is 4.14. The zero-order valence-corrected chi connectivity index (χ0v) is 14.3. The molecule has 0 radical (unpaired) electrons. The Bertz CT molecular complexity index is 869. The molecular formula is C19H18ClN3O. The Morgan fingerprint density at radius 3 is 2.54 bits per heavy atom. The number of nitrogens with zero attached hydrogens (tertiary/aromatic N) is 2. The fourth-order valence-electron chi connectivity index (χ4n) is 2.43. The van der Waals surface area contributed by atoms with E-state index in [4.69, 9.17) is 11.6 Å². The van der Waals surface area contributed by atoms with Gasteiger partial charge in [0.2, 0.25) is 5.95 Å². The molecule has 24 heavy (non-hydrogen) atoms. The number of imidazole rings is 1. The number of anilines is 1. The van der Waals surface area contributed by atoms with E-state index < -0.39 is 0 Å². The van der Waals surface area contributed by atoms with Gasteiger partial charge in [-0.3, -0.25) is 10.1 Å². The second-order valence-corrected chi connectivity index (χ2v) is 5.94. The molecule has 3 rings (SSSR count). The lowest BCUT2D eigenvalue weighted by Crippen LogP contribution is -2.16. The van der Waals surface area contributed by atoms with Crippen molar-refractivity contribution in [1.82, 2.24) is 9.55 Å². The molecule has 0 unspecified atom stereocenters. The van der Waals surface area contributed by atoms with Gasteiger partial charge in [0.1, 0.15) is 0 Å². The molecule has 0 aliphatic carbocycles. The number of hydrogen-bond donors (Lipinski definition) is 1. The summed E-state index contributed by atoms with van der Waals surface area (Å²) in [6.07, 6.45) is 1.94. The number of halogens is 1. The van der Waals surface area contributed by atoms with Gasteiger partial charge in [0, 0.05) is 18.3 Å². The fraction of sp³-hybridized carbons (Fsp3) is 0.158. The quantitative estimate of drug-likeness (QED) is 0.743. The van der Waals surface area contributed by atoms with Gasteiger partial charge in [0.15, 0.2) is 0 Å². The lowest BCUT2D eigenvalue weighted by Gasteiger charge is -2.07. The number of aromatic nitrogens is 2. The molecule has 0 saturated carbocycles. The average molecular weight is 340 g/mol. The molecule has 1 aromatic heterocycles. The van der Waals surface area contributed by atoms with Crippen LogP contribution >= 0.6 is 11.6 Å². The first kappa shape index (κ1) is 16.3. The minimum Gasteiger partial charge on any atom is -0.317 e. The third-order valence-electron chi connectivity index (χ3n) is 3.81. The van der Waals surface area contributed by atoms with E-state index in [2.05, 4.69) is 10.3 Å². The van der Waals surface area contributed by atoms with Crippen LogP contribution in [0.3, 0.4) is 0 Å². The summed E-state index contributed by atoms with van der Waals surface area (Å²) in [4.78, 5) is 17.0. The molecule has 0 bridgehead atoms. The Kier molecular flexibility index (Phi) is 4.67. The number of nitrogens with one attached hydrogen (secondary N) is 1. The van der Waals surface area contributed by atoms with Crippen LogP contribution in [-0.4, -0.2) is 15.5 Å². The molecule has 0 aliphatic rings. The van der Waals surface area contributed by atoms with Gasteiger partial charge in [-0.1, -0.05) is 53.6 Å². The van der Waals surface area contributed by atoms with Crippen LogP contribution in [0.4, 0.5) is 5.95 Å². The van der Waals surface area contributed by atoms with Gasteiger partial charge >= 0.3 is 0 Å². The topological polar surface area (TPSA) is 46.9 Å². The van der Waals surface area contributed by atoms with Crippen molar-refractivity contribution in [2.24, 2.45) is 0 Å². The van der Waals surface area contributed by atoms with Gasteiger partial charge in [-0.05, 0) is 26.0 Å². The summed E-state index contributed by atoms with van der Waals surface area (Å²) in [5.41, 5.74) is 3.47. The first-order valence-corrected chi connectivity index (χ1v) is 8.16. The van der Waals surface area contributed by atoms with Gasteiger partial charge in [-0.2, -0.15) is 0 Å². The highest BCUT2D eigenvalue weighted by atomic mass is 35.5. The van der Waals surface area contributed by atoms with E-state index in [0.717, 1.165) is 11.3 Å². The molecule has 1 heterocycles. The second kappa shape index (κ2) is 6.89. The van der Waals surface area contributed by atoms with Crippen LogP contribution in [-0.2, 0) is 6.54 Å². The molecular weight excluding hydrogens is 322 g/mol. The fourth-order valence-corrected chi connectivity index (χ4v) is 2.66. The molecule has 1 N–H and O–H groups in total. The maximum absolute atomic E-state index is 12.4. The summed E-state index contributed by atoms with van der Waals surface area (Å²) in [7, 11) is 0. The maximum Gasteiger partial charge on any atom is 0.259 e. The number of carbonyl (C=O) groups is 1. The molecule has 5 heteroatoms. The second-order valence-electron chi connectivity index (χ2n) is 5.54. The summed E-state index contributed by atoms with van der Waals surface area (Å²) in [5, 5.41) is 3.27. The lowest BCUT2D eigenvalue weighted by molar-refractivity contribution is 0.102. The van der Waals surface area contributed by atoms with Crippen molar-refractivity contribution in [3.8, 4) is 11.3 Å². The number of benzene rings is 2. The summed E-state index contributed by atoms with van der Waals surface area (Å²) >= 11 is 6.09. The molecule has 0 aliphatic heterocycles. The van der Waals surface area contributed by atoms with E-state index in [9.17, 15) is 4.79 Å². The van der Waals surface area contributed by atoms with E-state index in [1.165, 1.54) is 5.56 Å². The Labute approximate surface area is 146 Å². The molecule has 3 aromatic rings. The van der Waals surface area contributed by atoms with E-state index in [1.54, 1.807) is 24.3 Å². The van der Waals surface area contributed by atoms with E-state index >= 15 is 0 Å². The SMILES string of the molecule is CCn1cc(-c2ccc(C)cc2)nc1NC(=O)c1ccccc1Cl. The molecule has 0 spiro atoms. The minimum atomic E-state index is -0.267. The number of rotatable bonds is 4. The predicted molar refractivity (Wildman–Crippen MR) is 97.5 cm³/mol. The van der Waals surface area contributed by atoms with Crippen LogP contribution in [0.2, 0.25) is 5.02 Å². The molecule has 0 atom stereocenters. The van der Waals surface area contributed by atoms with Gasteiger partial charge in [0.05, 0.1) is 16.3 Å². The molecule has 1 amide bonds. The van der Waals surface area contributed by atoms with Crippen LogP contribution in [0.1, 0.15) is 22.8 Å². The lowest BCUT2D eigenvalue weighted by atomic mass is 10.1. The maximum atomic E-state index is 12.4. The normalized spacial score (nSPS) is 10.6. The minimum absolute atomic E-state index is 0.267. The standard InChI is InChI=1S/C19H18ClN3O/c1-3-23-12-17(14-10-8-13(2)9-11-14)21-19(23)22-18(24)15-6-4-5-7-16(15)20/h4-12H,3H2,1-2H3,(H,21,22,24). The Morgan fingerprint density at radius 1 is 1.17 bits per heavy atom. The number of carbonyl (C=O) groups excluding carboxylic acids is 1. The van der Waals surface area contributed by atoms with Gasteiger partial charge < -0.3 is 4.57 Å². The van der Waals surface area contributed by atoms with Crippen molar-refractivity contribution in [2.45, 2.75) is 20.4 Å². The smallest absolute Gasteiger partial charge is 0.259 e. The van der Waals surface area contributed by atoms with Crippen LogP contribution in [0.5, 0.6) is 0 Å². The van der Waals surface area contributed by atoms with Crippen LogP contribution in [0.15, 0.2) is 54.7 Å². The van der Waals surface area contributed by atoms with Crippen molar-refractivity contribution in [3.05, 3.63) is 70.9 Å². The zero-order chi connectivity index (χ0) is 17.1. The molecule has 4 nitrogen and oxygen atoms in total. The van der Waals surface area contributed by atoms with Crippen molar-refractivity contribution in [3.63, 3.8) is 0 Å². The number of hydrogen-bond acceptors (Lipinski definition) is 2. The van der Waals surface area contributed by atoms with Crippen LogP contribution < -0.4 is 5.32 Å². The Morgan fingerprint density at radius 2 is 1.88 bits per heavy atom. The van der Waals surface area contributed by atoms with Crippen molar-refractivity contribution >= 4 is 23.5 Å². The first-order chi connectivity index (χ1) is 11.6. The highest BCUT2D eigenvalue weighted by molar-refractivity contribution is 6.34. The van der Waals surface area contributed by atoms with Crippen molar-refractivity contribution in [1.29, 1.82) is 0 Å². The highest BCUT2D eigenvalue weighted by Crippen LogP contribution is 2.23. The van der Waals surface area contributed by atoms with E-state index in [0.29, 0.717) is 23.1 Å². The largest absolute Gasteiger partial charge is 0.317 e. The number of amides is 1. The first-order valence-electron chi connectivity index (χ1n) is 7.78. The molecule has 0 saturated heterocycles. The average Bonchev–Trinajstić information content (AvgIpc) is 2.98. The van der Waals surface area contributed by atoms with E-state index in [-0.39, 0.29) is 5.91 Å². The van der Waals surface area contributed by atoms with Crippen molar-refractivity contribution in [2.75, 3.05) is 5.32 Å². The van der Waals surface area contributed by atoms with E-state index in [1.807, 2.05) is 48.9 Å². The van der Waals surface area contributed by atoms with Gasteiger partial charge in [-0.15, -0.1) is 0 Å². The Balaban J connectivity index is 1.89. The van der Waals surface area contributed by atoms with Crippen molar-refractivity contribution < 1.29 is 4.79 Å². The Hall–Kier alpha value is -2.59. The summed E-state index contributed by atoms with van der Waals surface area (Å²) in [5.74, 6) is 0.245. The van der Waals surface area contributed by atoms with Crippen LogP contribution in [0.25, 0.3) is 11.3 Å². The highest BCUT2D eigenvalue weighted by Gasteiger charge is 2.14. The zero-order valence-electron chi connectivity index (χ0n) is 13.6. The monoisotopic (exact) mass is 339 g/mol. The van der Waals surface area contributed by atoms with Gasteiger partial charge in [0.25, 0.3) is 5.91 Å². The van der Waals surface area contributed by atoms with Gasteiger partial charge in [-0.25, -0.2) is 4.98 Å².